The summed E-state index contributed by atoms with van der Waals surface area (Å²) in [6.07, 6.45) is 3.24. The average Bonchev–Trinajstić information content (AvgIpc) is 3.08. The van der Waals surface area contributed by atoms with Crippen molar-refractivity contribution in [1.82, 2.24) is 15.5 Å². The van der Waals surface area contributed by atoms with E-state index in [2.05, 4.69) is 10.6 Å². The van der Waals surface area contributed by atoms with E-state index in [1.807, 2.05) is 18.7 Å². The standard InChI is InChI=1S/C13H23N3O2/c1-13(2,12(18)14-3)8-16-7-6-10(11(16)17)15-9-4-5-9/h9-10,15H,4-8H2,1-3H3,(H,14,18). The zero-order valence-corrected chi connectivity index (χ0v) is 11.5. The third kappa shape index (κ3) is 2.83. The summed E-state index contributed by atoms with van der Waals surface area (Å²) in [6.45, 7) is 5.00. The molecule has 0 aromatic carbocycles. The predicted octanol–water partition coefficient (Wildman–Crippen LogP) is 0.112. The van der Waals surface area contributed by atoms with Crippen molar-refractivity contribution in [3.05, 3.63) is 0 Å². The van der Waals surface area contributed by atoms with Gasteiger partial charge in [-0.3, -0.25) is 9.59 Å². The van der Waals surface area contributed by atoms with Crippen LogP contribution < -0.4 is 10.6 Å². The number of nitrogens with one attached hydrogen (secondary N) is 2. The van der Waals surface area contributed by atoms with E-state index >= 15 is 0 Å². The van der Waals surface area contributed by atoms with Crippen LogP contribution in [0.3, 0.4) is 0 Å². The molecule has 18 heavy (non-hydrogen) atoms. The molecule has 5 heteroatoms. The highest BCUT2D eigenvalue weighted by atomic mass is 16.2. The van der Waals surface area contributed by atoms with Crippen LogP contribution in [0.25, 0.3) is 0 Å². The maximum Gasteiger partial charge on any atom is 0.239 e. The molecule has 0 aromatic heterocycles. The van der Waals surface area contributed by atoms with Crippen LogP contribution in [-0.4, -0.2) is 48.9 Å². The molecule has 1 saturated heterocycles. The van der Waals surface area contributed by atoms with E-state index in [0.717, 1.165) is 13.0 Å². The molecule has 5 nitrogen and oxygen atoms in total. The second-order valence-electron chi connectivity index (χ2n) is 6.01. The highest BCUT2D eigenvalue weighted by Crippen LogP contribution is 2.25. The van der Waals surface area contributed by atoms with Crippen LogP contribution in [-0.2, 0) is 9.59 Å². The first-order valence-electron chi connectivity index (χ1n) is 6.71. The van der Waals surface area contributed by atoms with E-state index in [-0.39, 0.29) is 17.9 Å². The first-order chi connectivity index (χ1) is 8.44. The van der Waals surface area contributed by atoms with E-state index < -0.39 is 5.41 Å². The molecule has 0 aromatic rings. The van der Waals surface area contributed by atoms with Crippen molar-refractivity contribution in [1.29, 1.82) is 0 Å². The van der Waals surface area contributed by atoms with Gasteiger partial charge in [0.2, 0.25) is 11.8 Å². The zero-order valence-electron chi connectivity index (χ0n) is 11.5. The minimum Gasteiger partial charge on any atom is -0.359 e. The van der Waals surface area contributed by atoms with Gasteiger partial charge in [0.1, 0.15) is 0 Å². The van der Waals surface area contributed by atoms with E-state index in [4.69, 9.17) is 0 Å². The van der Waals surface area contributed by atoms with Gasteiger partial charge in [0.25, 0.3) is 0 Å². The number of hydrogen-bond acceptors (Lipinski definition) is 3. The lowest BCUT2D eigenvalue weighted by molar-refractivity contribution is -0.134. The molecule has 2 rings (SSSR count). The van der Waals surface area contributed by atoms with Gasteiger partial charge in [-0.2, -0.15) is 0 Å². The van der Waals surface area contributed by atoms with Crippen molar-refractivity contribution in [2.45, 2.75) is 45.2 Å². The molecular weight excluding hydrogens is 230 g/mol. The Morgan fingerprint density at radius 1 is 1.39 bits per heavy atom. The van der Waals surface area contributed by atoms with Crippen LogP contribution in [0.15, 0.2) is 0 Å². The molecule has 2 N–H and O–H groups in total. The van der Waals surface area contributed by atoms with Crippen molar-refractivity contribution in [2.24, 2.45) is 5.41 Å². The Hall–Kier alpha value is -1.10. The van der Waals surface area contributed by atoms with E-state index in [0.29, 0.717) is 12.6 Å². The number of rotatable bonds is 5. The van der Waals surface area contributed by atoms with Gasteiger partial charge in [-0.15, -0.1) is 0 Å². The second kappa shape index (κ2) is 4.88. The smallest absolute Gasteiger partial charge is 0.239 e. The normalized spacial score (nSPS) is 24.5. The van der Waals surface area contributed by atoms with Gasteiger partial charge in [-0.05, 0) is 33.1 Å². The molecule has 102 valence electrons. The quantitative estimate of drug-likeness (QED) is 0.731. The van der Waals surface area contributed by atoms with Crippen molar-refractivity contribution in [3.63, 3.8) is 0 Å². The maximum absolute atomic E-state index is 12.2. The van der Waals surface area contributed by atoms with E-state index in [1.165, 1.54) is 12.8 Å². The molecule has 1 aliphatic heterocycles. The molecule has 1 heterocycles. The lowest BCUT2D eigenvalue weighted by Crippen LogP contribution is -2.46. The first-order valence-corrected chi connectivity index (χ1v) is 6.71. The van der Waals surface area contributed by atoms with Crippen LogP contribution in [0.4, 0.5) is 0 Å². The Kier molecular flexibility index (Phi) is 3.61. The number of hydrogen-bond donors (Lipinski definition) is 2. The topological polar surface area (TPSA) is 61.4 Å². The summed E-state index contributed by atoms with van der Waals surface area (Å²) in [6, 6.07) is 0.517. The second-order valence-corrected chi connectivity index (χ2v) is 6.01. The molecule has 0 bridgehead atoms. The molecule has 0 radical (unpaired) electrons. The summed E-state index contributed by atoms with van der Waals surface area (Å²) in [7, 11) is 1.63. The third-order valence-electron chi connectivity index (χ3n) is 3.74. The van der Waals surface area contributed by atoms with Crippen LogP contribution in [0, 0.1) is 5.41 Å². The lowest BCUT2D eigenvalue weighted by atomic mass is 9.91. The molecule has 1 aliphatic carbocycles. The van der Waals surface area contributed by atoms with Crippen molar-refractivity contribution >= 4 is 11.8 Å². The number of amides is 2. The lowest BCUT2D eigenvalue weighted by Gasteiger charge is -2.28. The van der Waals surface area contributed by atoms with Crippen LogP contribution >= 0.6 is 0 Å². The molecule has 1 unspecified atom stereocenters. The molecule has 2 amide bonds. The molecule has 1 saturated carbocycles. The largest absolute Gasteiger partial charge is 0.359 e. The number of carbonyl (C=O) groups is 2. The van der Waals surface area contributed by atoms with E-state index in [1.54, 1.807) is 7.05 Å². The number of likely N-dealkylation sites (tertiary alicyclic amines) is 1. The monoisotopic (exact) mass is 253 g/mol. The van der Waals surface area contributed by atoms with Gasteiger partial charge in [-0.1, -0.05) is 0 Å². The minimum atomic E-state index is -0.529. The van der Waals surface area contributed by atoms with Crippen molar-refractivity contribution < 1.29 is 9.59 Å². The van der Waals surface area contributed by atoms with Crippen molar-refractivity contribution in [2.75, 3.05) is 20.1 Å². The fraction of sp³-hybridized carbons (Fsp3) is 0.846. The Bertz CT molecular complexity index is 350. The van der Waals surface area contributed by atoms with Crippen molar-refractivity contribution in [3.8, 4) is 0 Å². The van der Waals surface area contributed by atoms with Gasteiger partial charge in [0.05, 0.1) is 11.5 Å². The summed E-state index contributed by atoms with van der Waals surface area (Å²) in [5.41, 5.74) is -0.529. The SMILES string of the molecule is CNC(=O)C(C)(C)CN1CCC(NC2CC2)C1=O. The summed E-state index contributed by atoms with van der Waals surface area (Å²) < 4.78 is 0. The average molecular weight is 253 g/mol. The Balaban J connectivity index is 1.90. The maximum atomic E-state index is 12.2. The van der Waals surface area contributed by atoms with Gasteiger partial charge in [0, 0.05) is 26.2 Å². The summed E-state index contributed by atoms with van der Waals surface area (Å²) in [4.78, 5) is 25.7. The molecule has 2 aliphatic rings. The summed E-state index contributed by atoms with van der Waals surface area (Å²) >= 11 is 0. The Morgan fingerprint density at radius 2 is 2.06 bits per heavy atom. The van der Waals surface area contributed by atoms with Gasteiger partial charge in [-0.25, -0.2) is 0 Å². The van der Waals surface area contributed by atoms with Gasteiger partial charge >= 0.3 is 0 Å². The highest BCUT2D eigenvalue weighted by molar-refractivity contribution is 5.86. The fourth-order valence-electron chi connectivity index (χ4n) is 2.47. The van der Waals surface area contributed by atoms with Crippen LogP contribution in [0.5, 0.6) is 0 Å². The summed E-state index contributed by atoms with van der Waals surface area (Å²) in [5.74, 6) is 0.132. The zero-order chi connectivity index (χ0) is 13.3. The Morgan fingerprint density at radius 3 is 2.61 bits per heavy atom. The molecular formula is C13H23N3O2. The van der Waals surface area contributed by atoms with Crippen LogP contribution in [0.2, 0.25) is 0 Å². The summed E-state index contributed by atoms with van der Waals surface area (Å²) in [5, 5.41) is 6.02. The highest BCUT2D eigenvalue weighted by Gasteiger charge is 2.39. The fourth-order valence-corrected chi connectivity index (χ4v) is 2.47. The third-order valence-corrected chi connectivity index (χ3v) is 3.74. The minimum absolute atomic E-state index is 0.0195. The molecule has 1 atom stereocenters. The number of nitrogens with zero attached hydrogens (tertiary/aromatic N) is 1. The van der Waals surface area contributed by atoms with Gasteiger partial charge in [0.15, 0.2) is 0 Å². The molecule has 2 fully saturated rings. The predicted molar refractivity (Wildman–Crippen MR) is 69.0 cm³/mol. The Labute approximate surface area is 108 Å². The van der Waals surface area contributed by atoms with E-state index in [9.17, 15) is 9.59 Å². The van der Waals surface area contributed by atoms with Gasteiger partial charge < -0.3 is 15.5 Å². The molecule has 0 spiro atoms. The van der Waals surface area contributed by atoms with Crippen LogP contribution in [0.1, 0.15) is 33.1 Å². The number of carbonyl (C=O) groups excluding carboxylic acids is 2. The first kappa shape index (κ1) is 13.3.